The molecule has 8 heteroatoms. The van der Waals surface area contributed by atoms with Gasteiger partial charge in [0.1, 0.15) is 0 Å². The minimum Gasteiger partial charge on any atom is -0.336 e. The van der Waals surface area contributed by atoms with Gasteiger partial charge in [0.25, 0.3) is 5.91 Å². The van der Waals surface area contributed by atoms with E-state index < -0.39 is 10.0 Å². The quantitative estimate of drug-likeness (QED) is 0.874. The lowest BCUT2D eigenvalue weighted by molar-refractivity contribution is 0.0594. The minimum atomic E-state index is -3.75. The molecule has 1 aliphatic rings. The lowest BCUT2D eigenvalue weighted by Crippen LogP contribution is -2.44. The Bertz CT molecular complexity index is 816. The average molecular weight is 362 g/mol. The van der Waals surface area contributed by atoms with E-state index in [1.807, 2.05) is 21.8 Å². The van der Waals surface area contributed by atoms with Gasteiger partial charge < -0.3 is 4.90 Å². The van der Waals surface area contributed by atoms with Crippen LogP contribution in [-0.4, -0.2) is 41.6 Å². The third kappa shape index (κ3) is 4.26. The van der Waals surface area contributed by atoms with Crippen LogP contribution >= 0.6 is 0 Å². The Morgan fingerprint density at radius 2 is 2.00 bits per heavy atom. The molecule has 0 radical (unpaired) electrons. The Morgan fingerprint density at radius 3 is 2.64 bits per heavy atom. The van der Waals surface area contributed by atoms with Crippen molar-refractivity contribution in [1.82, 2.24) is 14.7 Å². The molecule has 0 spiro atoms. The van der Waals surface area contributed by atoms with Crippen LogP contribution < -0.4 is 5.14 Å². The first-order chi connectivity index (χ1) is 11.9. The molecular weight excluding hydrogens is 340 g/mol. The third-order valence-electron chi connectivity index (χ3n) is 4.57. The van der Waals surface area contributed by atoms with Gasteiger partial charge in [0, 0.05) is 37.1 Å². The fraction of sp³-hybridized carbons (Fsp3) is 0.412. The van der Waals surface area contributed by atoms with Gasteiger partial charge >= 0.3 is 0 Å². The monoisotopic (exact) mass is 362 g/mol. The molecule has 2 heterocycles. The molecule has 2 aromatic rings. The lowest BCUT2D eigenvalue weighted by Gasteiger charge is -2.36. The van der Waals surface area contributed by atoms with Crippen molar-refractivity contribution < 1.29 is 13.2 Å². The van der Waals surface area contributed by atoms with Crippen molar-refractivity contribution in [2.75, 3.05) is 6.54 Å². The molecule has 1 atom stereocenters. The van der Waals surface area contributed by atoms with Crippen LogP contribution in [0.25, 0.3) is 0 Å². The number of nitrogens with two attached hydrogens (primary N) is 1. The van der Waals surface area contributed by atoms with Gasteiger partial charge in [-0.3, -0.25) is 9.48 Å². The molecular formula is C17H22N4O3S. The number of primary sulfonamides is 1. The molecule has 3 rings (SSSR count). The van der Waals surface area contributed by atoms with Crippen molar-refractivity contribution >= 4 is 15.9 Å². The smallest absolute Gasteiger partial charge is 0.254 e. The number of amides is 1. The average Bonchev–Trinajstić information content (AvgIpc) is 3.12. The Morgan fingerprint density at radius 1 is 1.24 bits per heavy atom. The molecule has 1 saturated heterocycles. The zero-order valence-corrected chi connectivity index (χ0v) is 14.7. The predicted molar refractivity (Wildman–Crippen MR) is 93.3 cm³/mol. The molecule has 0 unspecified atom stereocenters. The van der Waals surface area contributed by atoms with Crippen molar-refractivity contribution in [3.8, 4) is 0 Å². The summed E-state index contributed by atoms with van der Waals surface area (Å²) in [7, 11) is -3.75. The van der Waals surface area contributed by atoms with Gasteiger partial charge in [0.2, 0.25) is 10.0 Å². The van der Waals surface area contributed by atoms with Gasteiger partial charge in [-0.15, -0.1) is 0 Å². The first kappa shape index (κ1) is 17.6. The first-order valence-electron chi connectivity index (χ1n) is 8.36. The summed E-state index contributed by atoms with van der Waals surface area (Å²) in [5.41, 5.74) is 0.485. The number of carbonyl (C=O) groups excluding carboxylic acids is 1. The van der Waals surface area contributed by atoms with Crippen molar-refractivity contribution in [2.45, 2.75) is 43.2 Å². The second-order valence-corrected chi connectivity index (χ2v) is 7.84. The van der Waals surface area contributed by atoms with Crippen LogP contribution in [0.3, 0.4) is 0 Å². The molecule has 0 bridgehead atoms. The van der Waals surface area contributed by atoms with Gasteiger partial charge in [-0.05, 0) is 56.0 Å². The first-order valence-corrected chi connectivity index (χ1v) is 9.91. The highest BCUT2D eigenvalue weighted by Crippen LogP contribution is 2.23. The van der Waals surface area contributed by atoms with Crippen LogP contribution in [-0.2, 0) is 16.6 Å². The molecule has 134 valence electrons. The number of piperidine rings is 1. The highest BCUT2D eigenvalue weighted by atomic mass is 32.2. The van der Waals surface area contributed by atoms with Crippen LogP contribution in [0.2, 0.25) is 0 Å². The topological polar surface area (TPSA) is 98.3 Å². The summed E-state index contributed by atoms with van der Waals surface area (Å²) < 4.78 is 24.6. The molecule has 1 aromatic heterocycles. The number of benzene rings is 1. The van der Waals surface area contributed by atoms with E-state index in [4.69, 9.17) is 5.14 Å². The van der Waals surface area contributed by atoms with E-state index in [2.05, 4.69) is 5.10 Å². The van der Waals surface area contributed by atoms with Gasteiger partial charge in [-0.2, -0.15) is 5.10 Å². The molecule has 25 heavy (non-hydrogen) atoms. The predicted octanol–water partition coefficient (Wildman–Crippen LogP) is 1.62. The molecule has 1 fully saturated rings. The summed E-state index contributed by atoms with van der Waals surface area (Å²) >= 11 is 0. The number of rotatable bonds is 5. The summed E-state index contributed by atoms with van der Waals surface area (Å²) in [5.74, 6) is -0.0638. The van der Waals surface area contributed by atoms with E-state index in [0.29, 0.717) is 5.56 Å². The molecule has 1 aromatic carbocycles. The summed E-state index contributed by atoms with van der Waals surface area (Å²) in [6.45, 7) is 1.49. The van der Waals surface area contributed by atoms with Crippen LogP contribution in [0.5, 0.6) is 0 Å². The number of aryl methyl sites for hydroxylation is 1. The molecule has 1 aliphatic heterocycles. The van der Waals surface area contributed by atoms with Crippen molar-refractivity contribution in [2.24, 2.45) is 5.14 Å². The Hall–Kier alpha value is -2.19. The van der Waals surface area contributed by atoms with Gasteiger partial charge in [0.15, 0.2) is 0 Å². The van der Waals surface area contributed by atoms with E-state index in [1.54, 1.807) is 6.20 Å². The molecule has 0 saturated carbocycles. The fourth-order valence-electron chi connectivity index (χ4n) is 3.24. The molecule has 0 aliphatic carbocycles. The highest BCUT2D eigenvalue weighted by Gasteiger charge is 2.27. The lowest BCUT2D eigenvalue weighted by atomic mass is 9.98. The summed E-state index contributed by atoms with van der Waals surface area (Å²) in [4.78, 5) is 14.8. The number of hydrogen-bond donors (Lipinski definition) is 1. The Labute approximate surface area is 147 Å². The normalized spacial score (nSPS) is 18.3. The maximum Gasteiger partial charge on any atom is 0.254 e. The number of hydrogen-bond acceptors (Lipinski definition) is 4. The number of sulfonamides is 1. The van der Waals surface area contributed by atoms with Gasteiger partial charge in [-0.1, -0.05) is 0 Å². The third-order valence-corrected chi connectivity index (χ3v) is 5.50. The second-order valence-electron chi connectivity index (χ2n) is 6.28. The maximum absolute atomic E-state index is 12.9. The van der Waals surface area contributed by atoms with Crippen LogP contribution in [0.1, 0.15) is 36.0 Å². The van der Waals surface area contributed by atoms with E-state index in [0.717, 1.165) is 38.8 Å². The molecule has 7 nitrogen and oxygen atoms in total. The summed E-state index contributed by atoms with van der Waals surface area (Å²) in [6, 6.07) is 7.87. The van der Waals surface area contributed by atoms with Crippen LogP contribution in [0.4, 0.5) is 0 Å². The van der Waals surface area contributed by atoms with Crippen LogP contribution in [0.15, 0.2) is 47.6 Å². The maximum atomic E-state index is 12.9. The fourth-order valence-corrected chi connectivity index (χ4v) is 3.75. The second kappa shape index (κ2) is 7.37. The van der Waals surface area contributed by atoms with Crippen molar-refractivity contribution in [3.05, 3.63) is 48.3 Å². The standard InChI is InChI=1S/C17H22N4O3S/c18-25(23,24)16-7-5-14(6-8-16)17(22)21-12-2-1-4-15(21)9-13-20-11-3-10-19-20/h3,5-8,10-11,15H,1-2,4,9,12-13H2,(H2,18,23,24)/t15-/m1/s1. The molecule has 1 amide bonds. The Kier molecular flexibility index (Phi) is 5.19. The zero-order valence-electron chi connectivity index (χ0n) is 13.9. The number of carbonyl (C=O) groups is 1. The SMILES string of the molecule is NS(=O)(=O)c1ccc(C(=O)N2CCCC[C@@H]2CCn2cccn2)cc1. The zero-order chi connectivity index (χ0) is 17.9. The number of nitrogens with zero attached hydrogens (tertiary/aromatic N) is 3. The van der Waals surface area contributed by atoms with Gasteiger partial charge in [0.05, 0.1) is 4.90 Å². The van der Waals surface area contributed by atoms with Crippen molar-refractivity contribution in [3.63, 3.8) is 0 Å². The summed E-state index contributed by atoms with van der Waals surface area (Å²) in [5, 5.41) is 9.31. The summed E-state index contributed by atoms with van der Waals surface area (Å²) in [6.07, 6.45) is 7.58. The largest absolute Gasteiger partial charge is 0.336 e. The molecule has 2 N–H and O–H groups in total. The number of likely N-dealkylation sites (tertiary alicyclic amines) is 1. The number of aromatic nitrogens is 2. The minimum absolute atomic E-state index is 0.0120. The van der Waals surface area contributed by atoms with E-state index in [1.165, 1.54) is 24.3 Å². The van der Waals surface area contributed by atoms with E-state index >= 15 is 0 Å². The van der Waals surface area contributed by atoms with E-state index in [9.17, 15) is 13.2 Å². The van der Waals surface area contributed by atoms with Crippen LogP contribution in [0, 0.1) is 0 Å². The van der Waals surface area contributed by atoms with Gasteiger partial charge in [-0.25, -0.2) is 13.6 Å². The van der Waals surface area contributed by atoms with Crippen molar-refractivity contribution in [1.29, 1.82) is 0 Å². The highest BCUT2D eigenvalue weighted by molar-refractivity contribution is 7.89. The Balaban J connectivity index is 1.71. The van der Waals surface area contributed by atoms with E-state index in [-0.39, 0.29) is 16.8 Å².